The molecule has 1 fully saturated rings. The molecule has 0 saturated carbocycles. The molecule has 0 aromatic carbocycles. The standard InChI is InChI=1S/C12H18N2O3S/c1-2-17-12(16)10-4-3-6-14(8-10)11(15)9-18-7-5-13/h10H,2-4,6-9H2,1H3/t10-/m1/s1. The Kier molecular flexibility index (Phi) is 6.58. The zero-order valence-electron chi connectivity index (χ0n) is 10.6. The first kappa shape index (κ1) is 14.8. The van der Waals surface area contributed by atoms with Gasteiger partial charge in [-0.25, -0.2) is 0 Å². The number of rotatable bonds is 5. The van der Waals surface area contributed by atoms with Crippen molar-refractivity contribution in [2.45, 2.75) is 19.8 Å². The first-order valence-electron chi connectivity index (χ1n) is 6.08. The van der Waals surface area contributed by atoms with Gasteiger partial charge in [-0.1, -0.05) is 0 Å². The molecule has 0 spiro atoms. The molecule has 1 rings (SSSR count). The van der Waals surface area contributed by atoms with Crippen molar-refractivity contribution in [1.29, 1.82) is 5.26 Å². The molecule has 0 aromatic heterocycles. The number of nitriles is 1. The molecule has 0 radical (unpaired) electrons. The Morgan fingerprint density at radius 3 is 3.00 bits per heavy atom. The molecule has 0 aromatic rings. The number of esters is 1. The van der Waals surface area contributed by atoms with Gasteiger partial charge in [0.2, 0.25) is 5.91 Å². The lowest BCUT2D eigenvalue weighted by atomic mass is 9.98. The van der Waals surface area contributed by atoms with Gasteiger partial charge in [-0.05, 0) is 19.8 Å². The van der Waals surface area contributed by atoms with Crippen molar-refractivity contribution in [2.24, 2.45) is 5.92 Å². The Bertz CT molecular complexity index is 341. The normalized spacial score (nSPS) is 19.1. The first-order valence-corrected chi connectivity index (χ1v) is 7.23. The highest BCUT2D eigenvalue weighted by Crippen LogP contribution is 2.18. The molecule has 18 heavy (non-hydrogen) atoms. The van der Waals surface area contributed by atoms with Crippen LogP contribution >= 0.6 is 11.8 Å². The molecule has 1 amide bonds. The predicted octanol–water partition coefficient (Wildman–Crippen LogP) is 1.04. The number of ether oxygens (including phenoxy) is 1. The van der Waals surface area contributed by atoms with Crippen LogP contribution in [0.5, 0.6) is 0 Å². The number of thioether (sulfide) groups is 1. The van der Waals surface area contributed by atoms with Gasteiger partial charge < -0.3 is 9.64 Å². The highest BCUT2D eigenvalue weighted by atomic mass is 32.2. The fourth-order valence-electron chi connectivity index (χ4n) is 1.93. The highest BCUT2D eigenvalue weighted by Gasteiger charge is 2.28. The summed E-state index contributed by atoms with van der Waals surface area (Å²) in [5.74, 6) is 0.233. The van der Waals surface area contributed by atoms with E-state index in [1.807, 2.05) is 6.07 Å². The van der Waals surface area contributed by atoms with Crippen molar-refractivity contribution in [2.75, 3.05) is 31.2 Å². The van der Waals surface area contributed by atoms with Gasteiger partial charge in [0.05, 0.1) is 30.1 Å². The quantitative estimate of drug-likeness (QED) is 0.551. The molecule has 1 atom stereocenters. The Hall–Kier alpha value is -1.22. The number of piperidine rings is 1. The second-order valence-electron chi connectivity index (χ2n) is 4.08. The van der Waals surface area contributed by atoms with Crippen LogP contribution in [-0.4, -0.2) is 48.0 Å². The number of likely N-dealkylation sites (tertiary alicyclic amines) is 1. The lowest BCUT2D eigenvalue weighted by Crippen LogP contribution is -2.43. The third kappa shape index (κ3) is 4.57. The SMILES string of the molecule is CCOC(=O)[C@@H]1CCCN(C(=O)CSCC#N)C1. The van der Waals surface area contributed by atoms with E-state index in [9.17, 15) is 9.59 Å². The average molecular weight is 270 g/mol. The Labute approximate surface area is 111 Å². The van der Waals surface area contributed by atoms with Crippen molar-refractivity contribution in [3.8, 4) is 6.07 Å². The van der Waals surface area contributed by atoms with E-state index in [4.69, 9.17) is 10.00 Å². The van der Waals surface area contributed by atoms with Gasteiger partial charge in [0, 0.05) is 13.1 Å². The number of carbonyl (C=O) groups excluding carboxylic acids is 2. The second-order valence-corrected chi connectivity index (χ2v) is 5.07. The molecule has 5 nitrogen and oxygen atoms in total. The van der Waals surface area contributed by atoms with E-state index < -0.39 is 0 Å². The summed E-state index contributed by atoms with van der Waals surface area (Å²) in [4.78, 5) is 25.2. The minimum atomic E-state index is -0.209. The molecule has 1 saturated heterocycles. The van der Waals surface area contributed by atoms with Gasteiger partial charge in [0.15, 0.2) is 0 Å². The maximum atomic E-state index is 11.8. The zero-order valence-corrected chi connectivity index (χ0v) is 11.4. The molecular formula is C12H18N2O3S. The van der Waals surface area contributed by atoms with Crippen LogP contribution in [0.2, 0.25) is 0 Å². The van der Waals surface area contributed by atoms with E-state index in [0.717, 1.165) is 12.8 Å². The summed E-state index contributed by atoms with van der Waals surface area (Å²) in [7, 11) is 0. The molecule has 1 aliphatic heterocycles. The molecule has 6 heteroatoms. The average Bonchev–Trinajstić information content (AvgIpc) is 2.39. The summed E-state index contributed by atoms with van der Waals surface area (Å²) in [6, 6.07) is 1.99. The number of carbonyl (C=O) groups is 2. The van der Waals surface area contributed by atoms with Crippen LogP contribution in [0.25, 0.3) is 0 Å². The zero-order chi connectivity index (χ0) is 13.4. The third-order valence-electron chi connectivity index (χ3n) is 2.79. The Morgan fingerprint density at radius 2 is 2.33 bits per heavy atom. The number of amides is 1. The Balaban J connectivity index is 2.40. The van der Waals surface area contributed by atoms with E-state index >= 15 is 0 Å². The molecule has 1 heterocycles. The molecule has 0 unspecified atom stereocenters. The first-order chi connectivity index (χ1) is 8.69. The number of hydrogen-bond donors (Lipinski definition) is 0. The van der Waals surface area contributed by atoms with E-state index in [2.05, 4.69) is 0 Å². The van der Waals surface area contributed by atoms with Crippen LogP contribution in [-0.2, 0) is 14.3 Å². The van der Waals surface area contributed by atoms with Gasteiger partial charge >= 0.3 is 5.97 Å². The molecule has 100 valence electrons. The van der Waals surface area contributed by atoms with Gasteiger partial charge in [-0.3, -0.25) is 9.59 Å². The summed E-state index contributed by atoms with van der Waals surface area (Å²) < 4.78 is 4.98. The smallest absolute Gasteiger partial charge is 0.310 e. The summed E-state index contributed by atoms with van der Waals surface area (Å²) >= 11 is 1.31. The van der Waals surface area contributed by atoms with Crippen LogP contribution in [0.3, 0.4) is 0 Å². The summed E-state index contributed by atoms with van der Waals surface area (Å²) in [6.45, 7) is 3.30. The lowest BCUT2D eigenvalue weighted by Gasteiger charge is -2.31. The van der Waals surface area contributed by atoms with E-state index in [1.54, 1.807) is 11.8 Å². The second kappa shape index (κ2) is 7.98. The van der Waals surface area contributed by atoms with Crippen LogP contribution in [0, 0.1) is 17.2 Å². The summed E-state index contributed by atoms with van der Waals surface area (Å²) in [5, 5.41) is 8.41. The summed E-state index contributed by atoms with van der Waals surface area (Å²) in [6.07, 6.45) is 1.62. The maximum Gasteiger partial charge on any atom is 0.310 e. The fourth-order valence-corrected chi connectivity index (χ4v) is 2.48. The lowest BCUT2D eigenvalue weighted by molar-refractivity contribution is -0.151. The van der Waals surface area contributed by atoms with Crippen LogP contribution in [0.4, 0.5) is 0 Å². The van der Waals surface area contributed by atoms with E-state index in [-0.39, 0.29) is 17.8 Å². The van der Waals surface area contributed by atoms with E-state index in [1.165, 1.54) is 11.8 Å². The van der Waals surface area contributed by atoms with Crippen molar-refractivity contribution < 1.29 is 14.3 Å². The van der Waals surface area contributed by atoms with Gasteiger partial charge in [-0.2, -0.15) is 5.26 Å². The monoisotopic (exact) mass is 270 g/mol. The van der Waals surface area contributed by atoms with Crippen LogP contribution in [0.1, 0.15) is 19.8 Å². The molecule has 0 aliphatic carbocycles. The fraction of sp³-hybridized carbons (Fsp3) is 0.750. The number of nitrogens with zero attached hydrogens (tertiary/aromatic N) is 2. The van der Waals surface area contributed by atoms with Crippen LogP contribution in [0.15, 0.2) is 0 Å². The van der Waals surface area contributed by atoms with Crippen molar-refractivity contribution in [3.63, 3.8) is 0 Å². The van der Waals surface area contributed by atoms with Crippen molar-refractivity contribution >= 4 is 23.6 Å². The van der Waals surface area contributed by atoms with Gasteiger partial charge in [-0.15, -0.1) is 11.8 Å². The summed E-state index contributed by atoms with van der Waals surface area (Å²) in [5.41, 5.74) is 0. The molecule has 1 aliphatic rings. The minimum absolute atomic E-state index is 0.00393. The van der Waals surface area contributed by atoms with Gasteiger partial charge in [0.25, 0.3) is 0 Å². The van der Waals surface area contributed by atoms with Gasteiger partial charge in [0.1, 0.15) is 0 Å². The minimum Gasteiger partial charge on any atom is -0.466 e. The maximum absolute atomic E-state index is 11.8. The molecule has 0 bridgehead atoms. The largest absolute Gasteiger partial charge is 0.466 e. The van der Waals surface area contributed by atoms with Crippen LogP contribution < -0.4 is 0 Å². The third-order valence-corrected chi connectivity index (χ3v) is 3.57. The molecule has 0 N–H and O–H groups in total. The molecular weight excluding hydrogens is 252 g/mol. The predicted molar refractivity (Wildman–Crippen MR) is 68.9 cm³/mol. The Morgan fingerprint density at radius 1 is 1.56 bits per heavy atom. The van der Waals surface area contributed by atoms with E-state index in [0.29, 0.717) is 31.2 Å². The van der Waals surface area contributed by atoms with Crippen molar-refractivity contribution in [3.05, 3.63) is 0 Å². The van der Waals surface area contributed by atoms with Crippen molar-refractivity contribution in [1.82, 2.24) is 4.90 Å². The highest BCUT2D eigenvalue weighted by molar-refractivity contribution is 8.00. The topological polar surface area (TPSA) is 70.4 Å². The number of hydrogen-bond acceptors (Lipinski definition) is 5.